The zero-order valence-electron chi connectivity index (χ0n) is 18.7. The molecule has 0 spiro atoms. The summed E-state index contributed by atoms with van der Waals surface area (Å²) < 4.78 is 16.5. The van der Waals surface area contributed by atoms with Crippen molar-refractivity contribution in [1.29, 1.82) is 5.26 Å². The Bertz CT molecular complexity index is 1430. The van der Waals surface area contributed by atoms with Crippen LogP contribution < -0.4 is 10.9 Å². The minimum absolute atomic E-state index is 0.119. The number of hydrogen-bond donors (Lipinski definition) is 1. The van der Waals surface area contributed by atoms with Gasteiger partial charge in [0.25, 0.3) is 5.56 Å². The maximum Gasteiger partial charge on any atom is 0.274 e. The minimum Gasteiger partial charge on any atom is -0.369 e. The van der Waals surface area contributed by atoms with E-state index < -0.39 is 5.95 Å². The molecule has 1 N–H and O–H groups in total. The Labute approximate surface area is 201 Å². The van der Waals surface area contributed by atoms with E-state index in [2.05, 4.69) is 28.4 Å². The number of nitrogens with one attached hydrogen (secondary N) is 1. The normalized spacial score (nSPS) is 10.9. The number of hydrogen-bond acceptors (Lipinski definition) is 5. The van der Waals surface area contributed by atoms with Crippen molar-refractivity contribution in [3.05, 3.63) is 87.0 Å². The highest BCUT2D eigenvalue weighted by Crippen LogP contribution is 2.31. The van der Waals surface area contributed by atoms with Crippen LogP contribution >= 0.6 is 11.6 Å². The van der Waals surface area contributed by atoms with E-state index >= 15 is 4.39 Å². The summed E-state index contributed by atoms with van der Waals surface area (Å²) in [5.74, 6) is -0.433. The molecule has 8 heteroatoms. The first-order valence-corrected chi connectivity index (χ1v) is 11.5. The quantitative estimate of drug-likeness (QED) is 0.258. The van der Waals surface area contributed by atoms with E-state index in [1.165, 1.54) is 10.7 Å². The number of pyridine rings is 1. The zero-order chi connectivity index (χ0) is 24.1. The highest BCUT2D eigenvalue weighted by atomic mass is 35.5. The maximum atomic E-state index is 15.2. The SMILES string of the molecule is CCCCCNc1nc(F)c(-c2nn(Cc3ccc(C#N)cc3)c(=O)c3ccccc23)cc1Cl. The highest BCUT2D eigenvalue weighted by Gasteiger charge is 2.18. The van der Waals surface area contributed by atoms with Crippen LogP contribution in [0.1, 0.15) is 37.3 Å². The molecule has 6 nitrogen and oxygen atoms in total. The van der Waals surface area contributed by atoms with Crippen LogP contribution in [-0.2, 0) is 6.54 Å². The summed E-state index contributed by atoms with van der Waals surface area (Å²) in [6.07, 6.45) is 3.07. The molecule has 0 aliphatic carbocycles. The lowest BCUT2D eigenvalue weighted by Crippen LogP contribution is -2.24. The average molecular weight is 476 g/mol. The van der Waals surface area contributed by atoms with Crippen molar-refractivity contribution in [2.45, 2.75) is 32.7 Å². The van der Waals surface area contributed by atoms with Gasteiger partial charge in [-0.3, -0.25) is 4.79 Å². The maximum absolute atomic E-state index is 15.2. The molecule has 0 fully saturated rings. The third-order valence-electron chi connectivity index (χ3n) is 5.54. The van der Waals surface area contributed by atoms with Gasteiger partial charge in [-0.15, -0.1) is 0 Å². The number of unbranched alkanes of at least 4 members (excludes halogenated alkanes) is 2. The number of nitriles is 1. The lowest BCUT2D eigenvalue weighted by Gasteiger charge is -2.13. The number of halogens is 2. The first-order valence-electron chi connectivity index (χ1n) is 11.1. The van der Waals surface area contributed by atoms with E-state index in [0.29, 0.717) is 22.9 Å². The molecular formula is C26H23ClFN5O. The summed E-state index contributed by atoms with van der Waals surface area (Å²) in [5.41, 5.74) is 1.42. The number of fused-ring (bicyclic) bond motifs is 1. The molecule has 0 bridgehead atoms. The van der Waals surface area contributed by atoms with E-state index in [1.807, 2.05) is 0 Å². The Morgan fingerprint density at radius 2 is 1.85 bits per heavy atom. The molecule has 2 heterocycles. The predicted molar refractivity (Wildman–Crippen MR) is 132 cm³/mol. The Morgan fingerprint density at radius 3 is 2.56 bits per heavy atom. The Balaban J connectivity index is 1.77. The fourth-order valence-electron chi connectivity index (χ4n) is 3.74. The van der Waals surface area contributed by atoms with E-state index in [0.717, 1.165) is 24.8 Å². The summed E-state index contributed by atoms with van der Waals surface area (Å²) in [6.45, 7) is 2.93. The zero-order valence-corrected chi connectivity index (χ0v) is 19.4. The van der Waals surface area contributed by atoms with Gasteiger partial charge in [0.05, 0.1) is 34.1 Å². The second-order valence-electron chi connectivity index (χ2n) is 7.96. The molecule has 0 radical (unpaired) electrons. The first-order chi connectivity index (χ1) is 16.5. The van der Waals surface area contributed by atoms with Crippen molar-refractivity contribution in [2.24, 2.45) is 0 Å². The number of rotatable bonds is 8. The Kier molecular flexibility index (Phi) is 7.19. The predicted octanol–water partition coefficient (Wildman–Crippen LogP) is 5.77. The van der Waals surface area contributed by atoms with Gasteiger partial charge in [-0.2, -0.15) is 14.8 Å². The third kappa shape index (κ3) is 4.92. The Hall–Kier alpha value is -3.76. The van der Waals surface area contributed by atoms with Crippen molar-refractivity contribution in [2.75, 3.05) is 11.9 Å². The molecule has 0 aliphatic rings. The van der Waals surface area contributed by atoms with Crippen LogP contribution in [0.25, 0.3) is 22.0 Å². The van der Waals surface area contributed by atoms with Crippen molar-refractivity contribution >= 4 is 28.2 Å². The molecule has 0 aliphatic heterocycles. The smallest absolute Gasteiger partial charge is 0.274 e. The molecule has 2 aromatic carbocycles. The van der Waals surface area contributed by atoms with Gasteiger partial charge in [-0.05, 0) is 36.2 Å². The molecule has 0 amide bonds. The van der Waals surface area contributed by atoms with Crippen LogP contribution in [0.2, 0.25) is 5.02 Å². The Morgan fingerprint density at radius 1 is 1.12 bits per heavy atom. The fraction of sp³-hybridized carbons (Fsp3) is 0.231. The van der Waals surface area contributed by atoms with Crippen LogP contribution in [0.15, 0.2) is 59.4 Å². The molecule has 0 unspecified atom stereocenters. The molecule has 0 saturated carbocycles. The van der Waals surface area contributed by atoms with E-state index in [4.69, 9.17) is 16.9 Å². The van der Waals surface area contributed by atoms with Crippen LogP contribution in [-0.4, -0.2) is 21.3 Å². The van der Waals surface area contributed by atoms with Gasteiger partial charge in [-0.25, -0.2) is 9.67 Å². The number of nitrogens with zero attached hydrogens (tertiary/aromatic N) is 4. The summed E-state index contributed by atoms with van der Waals surface area (Å²) in [4.78, 5) is 17.2. The van der Waals surface area contributed by atoms with Gasteiger partial charge in [0.1, 0.15) is 11.5 Å². The summed E-state index contributed by atoms with van der Waals surface area (Å²) >= 11 is 6.43. The topological polar surface area (TPSA) is 83.6 Å². The fourth-order valence-corrected chi connectivity index (χ4v) is 3.96. The van der Waals surface area contributed by atoms with Crippen molar-refractivity contribution in [3.63, 3.8) is 0 Å². The van der Waals surface area contributed by atoms with Crippen molar-refractivity contribution in [1.82, 2.24) is 14.8 Å². The summed E-state index contributed by atoms with van der Waals surface area (Å²) in [5, 5.41) is 17.8. The van der Waals surface area contributed by atoms with E-state index in [-0.39, 0.29) is 34.2 Å². The molecule has 0 saturated heterocycles. The van der Waals surface area contributed by atoms with Gasteiger partial charge in [0.15, 0.2) is 0 Å². The second-order valence-corrected chi connectivity index (χ2v) is 8.36. The summed E-state index contributed by atoms with van der Waals surface area (Å²) in [6, 6.07) is 17.4. The van der Waals surface area contributed by atoms with E-state index in [9.17, 15) is 4.79 Å². The molecule has 4 rings (SSSR count). The number of anilines is 1. The lowest BCUT2D eigenvalue weighted by molar-refractivity contribution is 0.585. The minimum atomic E-state index is -0.719. The van der Waals surface area contributed by atoms with Crippen LogP contribution in [0.4, 0.5) is 10.2 Å². The molecule has 172 valence electrons. The molecular weight excluding hydrogens is 453 g/mol. The van der Waals surface area contributed by atoms with Gasteiger partial charge < -0.3 is 5.32 Å². The lowest BCUT2D eigenvalue weighted by atomic mass is 10.1. The standard InChI is InChI=1S/C26H23ClFN5O/c1-2-3-6-13-30-25-22(27)14-21(24(28)31-25)23-19-7-4-5-8-20(19)26(34)33(32-23)16-18-11-9-17(15-29)10-12-18/h4-5,7-12,14H,2-3,6,13,16H2,1H3,(H,30,31). The van der Waals surface area contributed by atoms with Gasteiger partial charge in [0, 0.05) is 11.9 Å². The first kappa shape index (κ1) is 23.4. The van der Waals surface area contributed by atoms with Gasteiger partial charge in [0.2, 0.25) is 5.95 Å². The molecule has 2 aromatic heterocycles. The number of benzene rings is 2. The van der Waals surface area contributed by atoms with Gasteiger partial charge >= 0.3 is 0 Å². The highest BCUT2D eigenvalue weighted by molar-refractivity contribution is 6.33. The average Bonchev–Trinajstić information content (AvgIpc) is 2.86. The molecule has 34 heavy (non-hydrogen) atoms. The third-order valence-corrected chi connectivity index (χ3v) is 5.83. The second kappa shape index (κ2) is 10.4. The van der Waals surface area contributed by atoms with Crippen LogP contribution in [0, 0.1) is 17.3 Å². The van der Waals surface area contributed by atoms with Crippen molar-refractivity contribution < 1.29 is 4.39 Å². The van der Waals surface area contributed by atoms with Crippen LogP contribution in [0.5, 0.6) is 0 Å². The van der Waals surface area contributed by atoms with Crippen LogP contribution in [0.3, 0.4) is 0 Å². The molecule has 4 aromatic rings. The van der Waals surface area contributed by atoms with Crippen molar-refractivity contribution in [3.8, 4) is 17.3 Å². The largest absolute Gasteiger partial charge is 0.369 e. The molecule has 0 atom stereocenters. The van der Waals surface area contributed by atoms with Gasteiger partial charge in [-0.1, -0.05) is 61.7 Å². The number of aromatic nitrogens is 3. The van der Waals surface area contributed by atoms with E-state index in [1.54, 1.807) is 48.5 Å². The summed E-state index contributed by atoms with van der Waals surface area (Å²) in [7, 11) is 0. The monoisotopic (exact) mass is 475 g/mol.